The minimum atomic E-state index is -0.0607. The van der Waals surface area contributed by atoms with E-state index in [1.54, 1.807) is 0 Å². The van der Waals surface area contributed by atoms with Crippen molar-refractivity contribution in [2.75, 3.05) is 18.1 Å². The third kappa shape index (κ3) is 2.43. The number of aromatic nitrogens is 2. The number of rotatable bonds is 2. The number of allylic oxidation sites excluding steroid dienone is 1. The first-order chi connectivity index (χ1) is 10.7. The molecule has 0 aliphatic carbocycles. The third-order valence-electron chi connectivity index (χ3n) is 4.34. The Morgan fingerprint density at radius 1 is 1.41 bits per heavy atom. The van der Waals surface area contributed by atoms with Crippen LogP contribution in [0.25, 0.3) is 0 Å². The van der Waals surface area contributed by atoms with Gasteiger partial charge in [-0.05, 0) is 12.3 Å². The summed E-state index contributed by atoms with van der Waals surface area (Å²) in [5, 5.41) is 9.45. The maximum atomic E-state index is 9.45. The Labute approximate surface area is 131 Å². The molecule has 2 unspecified atom stereocenters. The smallest absolute Gasteiger partial charge is 0.183 e. The van der Waals surface area contributed by atoms with Crippen LogP contribution in [0.3, 0.4) is 0 Å². The molecule has 116 valence electrons. The Morgan fingerprint density at radius 3 is 2.91 bits per heavy atom. The molecule has 2 aliphatic rings. The van der Waals surface area contributed by atoms with Gasteiger partial charge in [-0.2, -0.15) is 5.26 Å². The van der Waals surface area contributed by atoms with E-state index in [-0.39, 0.29) is 17.9 Å². The van der Waals surface area contributed by atoms with Gasteiger partial charge in [-0.3, -0.25) is 0 Å². The molecule has 0 bridgehead atoms. The monoisotopic (exact) mass is 298 g/mol. The van der Waals surface area contributed by atoms with Crippen molar-refractivity contribution in [1.29, 1.82) is 5.26 Å². The second kappa shape index (κ2) is 5.96. The summed E-state index contributed by atoms with van der Waals surface area (Å²) in [5.41, 5.74) is 0.974. The molecule has 0 aromatic carbocycles. The summed E-state index contributed by atoms with van der Waals surface area (Å²) in [6.07, 6.45) is 5.79. The molecule has 2 aliphatic heterocycles. The SMILES string of the molecule is CCc1nc(C(C)C)c2c(n1)N1CC=CCC(C#N)C1CO2. The fraction of sp³-hybridized carbons (Fsp3) is 0.588. The Bertz CT molecular complexity index is 632. The van der Waals surface area contributed by atoms with E-state index in [1.165, 1.54) is 0 Å². The van der Waals surface area contributed by atoms with E-state index in [0.717, 1.165) is 42.5 Å². The first kappa shape index (κ1) is 14.8. The number of aryl methyl sites for hydroxylation is 1. The van der Waals surface area contributed by atoms with Gasteiger partial charge in [0.2, 0.25) is 0 Å². The van der Waals surface area contributed by atoms with Crippen molar-refractivity contribution in [3.8, 4) is 11.8 Å². The number of hydrogen-bond acceptors (Lipinski definition) is 5. The standard InChI is InChI=1S/C17H22N4O/c1-4-14-19-15(11(2)3)16-17(20-14)21-8-6-5-7-12(9-18)13(21)10-22-16/h5-6,11-13H,4,7-8,10H2,1-3H3. The minimum Gasteiger partial charge on any atom is -0.486 e. The van der Waals surface area contributed by atoms with Gasteiger partial charge in [-0.1, -0.05) is 32.9 Å². The molecule has 1 aromatic rings. The van der Waals surface area contributed by atoms with Crippen molar-refractivity contribution in [1.82, 2.24) is 9.97 Å². The molecule has 1 aromatic heterocycles. The lowest BCUT2D eigenvalue weighted by molar-refractivity contribution is 0.234. The van der Waals surface area contributed by atoms with Crippen molar-refractivity contribution < 1.29 is 4.74 Å². The molecule has 0 spiro atoms. The van der Waals surface area contributed by atoms with Crippen LogP contribution in [0.2, 0.25) is 0 Å². The zero-order chi connectivity index (χ0) is 15.7. The van der Waals surface area contributed by atoms with E-state index in [0.29, 0.717) is 6.61 Å². The maximum absolute atomic E-state index is 9.45. The minimum absolute atomic E-state index is 0.0607. The summed E-state index contributed by atoms with van der Waals surface area (Å²) >= 11 is 0. The first-order valence-corrected chi connectivity index (χ1v) is 8.00. The van der Waals surface area contributed by atoms with Crippen molar-refractivity contribution in [2.45, 2.75) is 45.6 Å². The van der Waals surface area contributed by atoms with Gasteiger partial charge in [-0.25, -0.2) is 9.97 Å². The lowest BCUT2D eigenvalue weighted by atomic mass is 9.96. The zero-order valence-corrected chi connectivity index (χ0v) is 13.4. The fourth-order valence-electron chi connectivity index (χ4n) is 3.08. The van der Waals surface area contributed by atoms with Gasteiger partial charge < -0.3 is 9.64 Å². The molecule has 0 saturated heterocycles. The van der Waals surface area contributed by atoms with E-state index < -0.39 is 0 Å². The summed E-state index contributed by atoms with van der Waals surface area (Å²) in [6, 6.07) is 2.49. The predicted molar refractivity (Wildman–Crippen MR) is 85.0 cm³/mol. The van der Waals surface area contributed by atoms with Crippen LogP contribution >= 0.6 is 0 Å². The van der Waals surface area contributed by atoms with E-state index in [2.05, 4.69) is 48.9 Å². The number of hydrogen-bond donors (Lipinski definition) is 0. The Hall–Kier alpha value is -2.09. The molecule has 2 atom stereocenters. The van der Waals surface area contributed by atoms with Gasteiger partial charge in [0.05, 0.1) is 23.7 Å². The molecule has 5 heteroatoms. The molecule has 3 heterocycles. The molecular weight excluding hydrogens is 276 g/mol. The number of anilines is 1. The van der Waals surface area contributed by atoms with E-state index in [4.69, 9.17) is 9.72 Å². The quantitative estimate of drug-likeness (QED) is 0.786. The predicted octanol–water partition coefficient (Wildman–Crippen LogP) is 2.83. The van der Waals surface area contributed by atoms with Crippen LogP contribution in [-0.4, -0.2) is 29.2 Å². The average Bonchev–Trinajstić information content (AvgIpc) is 2.75. The lowest BCUT2D eigenvalue weighted by Gasteiger charge is -2.38. The Morgan fingerprint density at radius 2 is 2.23 bits per heavy atom. The number of fused-ring (bicyclic) bond motifs is 3. The van der Waals surface area contributed by atoms with Crippen LogP contribution in [-0.2, 0) is 6.42 Å². The largest absolute Gasteiger partial charge is 0.486 e. The van der Waals surface area contributed by atoms with Gasteiger partial charge in [-0.15, -0.1) is 0 Å². The van der Waals surface area contributed by atoms with E-state index in [1.807, 2.05) is 0 Å². The van der Waals surface area contributed by atoms with Crippen LogP contribution in [0.15, 0.2) is 12.2 Å². The highest BCUT2D eigenvalue weighted by Gasteiger charge is 2.37. The molecule has 0 N–H and O–H groups in total. The Balaban J connectivity index is 2.11. The number of nitriles is 1. The van der Waals surface area contributed by atoms with Crippen molar-refractivity contribution >= 4 is 5.82 Å². The summed E-state index contributed by atoms with van der Waals surface area (Å²) in [7, 11) is 0. The maximum Gasteiger partial charge on any atom is 0.183 e. The molecule has 0 saturated carbocycles. The third-order valence-corrected chi connectivity index (χ3v) is 4.34. The highest BCUT2D eigenvalue weighted by atomic mass is 16.5. The number of ether oxygens (including phenoxy) is 1. The van der Waals surface area contributed by atoms with E-state index in [9.17, 15) is 5.26 Å². The van der Waals surface area contributed by atoms with Gasteiger partial charge in [0.15, 0.2) is 11.6 Å². The van der Waals surface area contributed by atoms with Gasteiger partial charge >= 0.3 is 0 Å². The van der Waals surface area contributed by atoms with Gasteiger partial charge in [0, 0.05) is 13.0 Å². The molecular formula is C17H22N4O. The molecule has 5 nitrogen and oxygen atoms in total. The molecule has 0 amide bonds. The lowest BCUT2D eigenvalue weighted by Crippen LogP contribution is -2.47. The second-order valence-electron chi connectivity index (χ2n) is 6.16. The molecule has 0 fully saturated rings. The van der Waals surface area contributed by atoms with E-state index >= 15 is 0 Å². The summed E-state index contributed by atoms with van der Waals surface area (Å²) in [6.45, 7) is 7.61. The first-order valence-electron chi connectivity index (χ1n) is 8.00. The topological polar surface area (TPSA) is 62.0 Å². The van der Waals surface area contributed by atoms with Crippen LogP contribution in [0, 0.1) is 17.2 Å². The van der Waals surface area contributed by atoms with Crippen molar-refractivity contribution in [2.24, 2.45) is 5.92 Å². The van der Waals surface area contributed by atoms with Crippen molar-refractivity contribution in [3.05, 3.63) is 23.7 Å². The normalized spacial score (nSPS) is 23.3. The summed E-state index contributed by atoms with van der Waals surface area (Å²) in [4.78, 5) is 11.6. The van der Waals surface area contributed by atoms with Gasteiger partial charge in [0.1, 0.15) is 12.4 Å². The highest BCUT2D eigenvalue weighted by Crippen LogP contribution is 2.40. The van der Waals surface area contributed by atoms with Crippen LogP contribution in [0.4, 0.5) is 5.82 Å². The van der Waals surface area contributed by atoms with Crippen LogP contribution in [0.1, 0.15) is 44.6 Å². The fourth-order valence-corrected chi connectivity index (χ4v) is 3.08. The molecule has 22 heavy (non-hydrogen) atoms. The summed E-state index contributed by atoms with van der Waals surface area (Å²) < 4.78 is 6.03. The highest BCUT2D eigenvalue weighted by molar-refractivity contribution is 5.59. The molecule has 0 radical (unpaired) electrons. The summed E-state index contributed by atoms with van der Waals surface area (Å²) in [5.74, 6) is 2.73. The van der Waals surface area contributed by atoms with Gasteiger partial charge in [0.25, 0.3) is 0 Å². The molecule has 3 rings (SSSR count). The van der Waals surface area contributed by atoms with Crippen molar-refractivity contribution in [3.63, 3.8) is 0 Å². The zero-order valence-electron chi connectivity index (χ0n) is 13.4. The number of nitrogens with zero attached hydrogens (tertiary/aromatic N) is 4. The average molecular weight is 298 g/mol. The Kier molecular flexibility index (Phi) is 4.02. The second-order valence-corrected chi connectivity index (χ2v) is 6.16. The van der Waals surface area contributed by atoms with Crippen LogP contribution in [0.5, 0.6) is 5.75 Å². The van der Waals surface area contributed by atoms with Crippen LogP contribution < -0.4 is 9.64 Å².